The zero-order chi connectivity index (χ0) is 12.7. The molecule has 17 heavy (non-hydrogen) atoms. The van der Waals surface area contributed by atoms with Crippen LogP contribution in [0.5, 0.6) is 0 Å². The van der Waals surface area contributed by atoms with E-state index in [1.54, 1.807) is 31.2 Å². The summed E-state index contributed by atoms with van der Waals surface area (Å²) in [4.78, 5) is 22.2. The van der Waals surface area contributed by atoms with Gasteiger partial charge < -0.3 is 14.8 Å². The summed E-state index contributed by atoms with van der Waals surface area (Å²) in [5.74, 6) is -0.702. The standard InChI is InChI=1S/C12H15NO4/c1-3-17-11(14)8-13-10-6-4-9(5-7-10)12(15)16-2/h4-7,13H,3,8H2,1-2H3. The molecule has 0 amide bonds. The highest BCUT2D eigenvalue weighted by molar-refractivity contribution is 5.89. The Labute approximate surface area is 99.7 Å². The van der Waals surface area contributed by atoms with Gasteiger partial charge in [-0.15, -0.1) is 0 Å². The number of rotatable bonds is 5. The molecule has 0 aromatic heterocycles. The summed E-state index contributed by atoms with van der Waals surface area (Å²) in [6.45, 7) is 2.22. The number of hydrogen-bond acceptors (Lipinski definition) is 5. The van der Waals surface area contributed by atoms with Crippen molar-refractivity contribution in [3.8, 4) is 0 Å². The number of methoxy groups -OCH3 is 1. The third-order valence-electron chi connectivity index (χ3n) is 2.05. The first-order chi connectivity index (χ1) is 8.17. The van der Waals surface area contributed by atoms with Gasteiger partial charge in [-0.05, 0) is 31.2 Å². The second-order valence-corrected chi connectivity index (χ2v) is 3.23. The van der Waals surface area contributed by atoms with Gasteiger partial charge in [0.25, 0.3) is 0 Å². The van der Waals surface area contributed by atoms with Gasteiger partial charge in [-0.3, -0.25) is 4.79 Å². The van der Waals surface area contributed by atoms with Crippen molar-refractivity contribution in [2.24, 2.45) is 0 Å². The Balaban J connectivity index is 2.51. The second kappa shape index (κ2) is 6.52. The Morgan fingerprint density at radius 3 is 2.41 bits per heavy atom. The van der Waals surface area contributed by atoms with Crippen molar-refractivity contribution in [3.63, 3.8) is 0 Å². The fourth-order valence-electron chi connectivity index (χ4n) is 1.23. The van der Waals surface area contributed by atoms with Crippen molar-refractivity contribution in [3.05, 3.63) is 29.8 Å². The molecule has 0 bridgehead atoms. The molecule has 0 unspecified atom stereocenters. The number of carbonyl (C=O) groups excluding carboxylic acids is 2. The maximum atomic E-state index is 11.2. The fraction of sp³-hybridized carbons (Fsp3) is 0.333. The minimum absolute atomic E-state index is 0.103. The third-order valence-corrected chi connectivity index (χ3v) is 2.05. The van der Waals surface area contributed by atoms with Crippen molar-refractivity contribution in [2.75, 3.05) is 25.6 Å². The number of esters is 2. The average Bonchev–Trinajstić information content (AvgIpc) is 2.36. The van der Waals surface area contributed by atoms with E-state index in [9.17, 15) is 9.59 Å². The van der Waals surface area contributed by atoms with Gasteiger partial charge in [0.15, 0.2) is 0 Å². The lowest BCUT2D eigenvalue weighted by atomic mass is 10.2. The lowest BCUT2D eigenvalue weighted by Crippen LogP contribution is -2.16. The van der Waals surface area contributed by atoms with E-state index in [0.29, 0.717) is 12.2 Å². The van der Waals surface area contributed by atoms with Crippen molar-refractivity contribution in [1.82, 2.24) is 0 Å². The molecule has 0 aliphatic carbocycles. The highest BCUT2D eigenvalue weighted by Crippen LogP contribution is 2.09. The van der Waals surface area contributed by atoms with Crippen LogP contribution in [0.3, 0.4) is 0 Å². The van der Waals surface area contributed by atoms with E-state index in [4.69, 9.17) is 4.74 Å². The summed E-state index contributed by atoms with van der Waals surface area (Å²) in [6, 6.07) is 6.65. The van der Waals surface area contributed by atoms with Crippen molar-refractivity contribution >= 4 is 17.6 Å². The zero-order valence-electron chi connectivity index (χ0n) is 9.86. The van der Waals surface area contributed by atoms with Crippen LogP contribution in [0.1, 0.15) is 17.3 Å². The summed E-state index contributed by atoms with van der Waals surface area (Å²) in [6.07, 6.45) is 0. The molecule has 0 atom stereocenters. The van der Waals surface area contributed by atoms with E-state index in [1.165, 1.54) is 7.11 Å². The predicted molar refractivity (Wildman–Crippen MR) is 62.9 cm³/mol. The van der Waals surface area contributed by atoms with Crippen LogP contribution in [0.25, 0.3) is 0 Å². The van der Waals surface area contributed by atoms with Crippen LogP contribution < -0.4 is 5.32 Å². The monoisotopic (exact) mass is 237 g/mol. The van der Waals surface area contributed by atoms with E-state index in [0.717, 1.165) is 5.69 Å². The van der Waals surface area contributed by atoms with E-state index in [2.05, 4.69) is 10.1 Å². The van der Waals surface area contributed by atoms with Crippen LogP contribution in [0.2, 0.25) is 0 Å². The van der Waals surface area contributed by atoms with Gasteiger partial charge in [0.05, 0.1) is 19.3 Å². The minimum atomic E-state index is -0.387. The van der Waals surface area contributed by atoms with Gasteiger partial charge in [-0.25, -0.2) is 4.79 Å². The maximum Gasteiger partial charge on any atom is 0.337 e. The number of ether oxygens (including phenoxy) is 2. The molecule has 1 aromatic carbocycles. The SMILES string of the molecule is CCOC(=O)CNc1ccc(C(=O)OC)cc1. The average molecular weight is 237 g/mol. The van der Waals surface area contributed by atoms with Crippen LogP contribution in [0.4, 0.5) is 5.69 Å². The number of benzene rings is 1. The van der Waals surface area contributed by atoms with E-state index < -0.39 is 0 Å². The van der Waals surface area contributed by atoms with Crippen LogP contribution in [-0.2, 0) is 14.3 Å². The molecule has 5 heteroatoms. The summed E-state index contributed by atoms with van der Waals surface area (Å²) in [7, 11) is 1.33. The lowest BCUT2D eigenvalue weighted by Gasteiger charge is -2.06. The Hall–Kier alpha value is -2.04. The van der Waals surface area contributed by atoms with Gasteiger partial charge in [0, 0.05) is 5.69 Å². The van der Waals surface area contributed by atoms with Gasteiger partial charge >= 0.3 is 11.9 Å². The Kier molecular flexibility index (Phi) is 5.00. The number of nitrogens with one attached hydrogen (secondary N) is 1. The van der Waals surface area contributed by atoms with Crippen LogP contribution in [0.15, 0.2) is 24.3 Å². The molecule has 5 nitrogen and oxygen atoms in total. The summed E-state index contributed by atoms with van der Waals surface area (Å²) in [5, 5.41) is 2.89. The van der Waals surface area contributed by atoms with Crippen LogP contribution in [-0.4, -0.2) is 32.2 Å². The quantitative estimate of drug-likeness (QED) is 0.785. The third kappa shape index (κ3) is 4.14. The topological polar surface area (TPSA) is 64.6 Å². The molecule has 0 radical (unpaired) electrons. The molecule has 0 saturated carbocycles. The number of anilines is 1. The molecule has 0 heterocycles. The highest BCUT2D eigenvalue weighted by Gasteiger charge is 2.05. The van der Waals surface area contributed by atoms with E-state index >= 15 is 0 Å². The molecule has 0 aliphatic rings. The molecule has 0 aliphatic heterocycles. The summed E-state index contributed by atoms with van der Waals surface area (Å²) >= 11 is 0. The predicted octanol–water partition coefficient (Wildman–Crippen LogP) is 1.45. The second-order valence-electron chi connectivity index (χ2n) is 3.23. The molecular weight excluding hydrogens is 222 g/mol. The molecule has 0 spiro atoms. The molecule has 0 fully saturated rings. The molecular formula is C12H15NO4. The molecule has 1 rings (SSSR count). The van der Waals surface area contributed by atoms with Crippen molar-refractivity contribution in [2.45, 2.75) is 6.92 Å². The molecule has 1 N–H and O–H groups in total. The first kappa shape index (κ1) is 13.0. The lowest BCUT2D eigenvalue weighted by molar-refractivity contribution is -0.140. The van der Waals surface area contributed by atoms with Gasteiger partial charge in [0.1, 0.15) is 6.54 Å². The summed E-state index contributed by atoms with van der Waals surface area (Å²) in [5.41, 5.74) is 1.21. The van der Waals surface area contributed by atoms with Crippen molar-refractivity contribution < 1.29 is 19.1 Å². The normalized spacial score (nSPS) is 9.53. The molecule has 92 valence electrons. The summed E-state index contributed by atoms with van der Waals surface area (Å²) < 4.78 is 9.34. The first-order valence-corrected chi connectivity index (χ1v) is 5.25. The largest absolute Gasteiger partial charge is 0.465 e. The number of hydrogen-bond donors (Lipinski definition) is 1. The Bertz CT molecular complexity index is 386. The van der Waals surface area contributed by atoms with E-state index in [-0.39, 0.29) is 18.5 Å². The molecule has 1 aromatic rings. The maximum absolute atomic E-state index is 11.2. The highest BCUT2D eigenvalue weighted by atomic mass is 16.5. The van der Waals surface area contributed by atoms with Gasteiger partial charge in [-0.1, -0.05) is 0 Å². The van der Waals surface area contributed by atoms with Gasteiger partial charge in [-0.2, -0.15) is 0 Å². The molecule has 0 saturated heterocycles. The van der Waals surface area contributed by atoms with Crippen LogP contribution >= 0.6 is 0 Å². The Morgan fingerprint density at radius 2 is 1.88 bits per heavy atom. The smallest absolute Gasteiger partial charge is 0.337 e. The van der Waals surface area contributed by atoms with Crippen LogP contribution in [0, 0.1) is 0 Å². The minimum Gasteiger partial charge on any atom is -0.465 e. The zero-order valence-corrected chi connectivity index (χ0v) is 9.86. The fourth-order valence-corrected chi connectivity index (χ4v) is 1.23. The number of carbonyl (C=O) groups is 2. The van der Waals surface area contributed by atoms with Gasteiger partial charge in [0.2, 0.25) is 0 Å². The van der Waals surface area contributed by atoms with E-state index in [1.807, 2.05) is 0 Å². The Morgan fingerprint density at radius 1 is 1.24 bits per heavy atom. The first-order valence-electron chi connectivity index (χ1n) is 5.25. The van der Waals surface area contributed by atoms with Crippen molar-refractivity contribution in [1.29, 1.82) is 0 Å².